The summed E-state index contributed by atoms with van der Waals surface area (Å²) in [5, 5.41) is 13.7. The Morgan fingerprint density at radius 2 is 1.86 bits per heavy atom. The van der Waals surface area contributed by atoms with E-state index in [0.29, 0.717) is 54.5 Å². The van der Waals surface area contributed by atoms with E-state index in [0.717, 1.165) is 11.8 Å². The number of para-hydroxylation sites is 1. The fourth-order valence-corrected chi connectivity index (χ4v) is 4.90. The maximum Gasteiger partial charge on any atom is 0.253 e. The fraction of sp³-hybridized carbons (Fsp3) is 0.407. The second kappa shape index (κ2) is 9.93. The smallest absolute Gasteiger partial charge is 0.253 e. The number of methoxy groups -OCH3 is 1. The summed E-state index contributed by atoms with van der Waals surface area (Å²) < 4.78 is 21.6. The molecular weight excluding hydrogens is 473 g/mol. The van der Waals surface area contributed by atoms with Gasteiger partial charge in [-0.1, -0.05) is 19.1 Å². The number of piperazine rings is 1. The summed E-state index contributed by atoms with van der Waals surface area (Å²) in [6.45, 7) is 8.69. The first-order chi connectivity index (χ1) is 17.8. The highest BCUT2D eigenvalue weighted by Gasteiger charge is 2.36. The molecule has 4 aromatic rings. The SMILES string of the molecule is CCC(C)(C)n1nnnc1[C@@H](c1cc2ccc(OC)cc2[nH]c1=O)N1CCN(c2ccccc2F)CC1. The minimum Gasteiger partial charge on any atom is -0.497 e. The number of rotatable bonds is 7. The van der Waals surface area contributed by atoms with Crippen LogP contribution in [0, 0.1) is 5.82 Å². The van der Waals surface area contributed by atoms with Crippen molar-refractivity contribution in [2.24, 2.45) is 0 Å². The van der Waals surface area contributed by atoms with Crippen molar-refractivity contribution >= 4 is 16.6 Å². The van der Waals surface area contributed by atoms with Crippen LogP contribution in [0.4, 0.5) is 10.1 Å². The summed E-state index contributed by atoms with van der Waals surface area (Å²) >= 11 is 0. The zero-order chi connectivity index (χ0) is 26.2. The van der Waals surface area contributed by atoms with Crippen molar-refractivity contribution < 1.29 is 9.13 Å². The van der Waals surface area contributed by atoms with Gasteiger partial charge in [-0.2, -0.15) is 0 Å². The molecule has 0 bridgehead atoms. The lowest BCUT2D eigenvalue weighted by molar-refractivity contribution is 0.186. The molecule has 0 unspecified atom stereocenters. The monoisotopic (exact) mass is 505 g/mol. The number of hydrogen-bond donors (Lipinski definition) is 1. The van der Waals surface area contributed by atoms with Crippen molar-refractivity contribution in [2.75, 3.05) is 38.2 Å². The van der Waals surface area contributed by atoms with E-state index in [1.165, 1.54) is 6.07 Å². The summed E-state index contributed by atoms with van der Waals surface area (Å²) in [6.07, 6.45) is 0.812. The lowest BCUT2D eigenvalue weighted by Crippen LogP contribution is -2.49. The third kappa shape index (κ3) is 4.69. The molecule has 0 aliphatic carbocycles. The second-order valence-corrected chi connectivity index (χ2v) is 10.00. The molecule has 1 N–H and O–H groups in total. The van der Waals surface area contributed by atoms with Crippen molar-refractivity contribution in [3.05, 3.63) is 76.1 Å². The number of halogens is 1. The Labute approximate surface area is 214 Å². The number of tetrazole rings is 1. The number of pyridine rings is 1. The Morgan fingerprint density at radius 1 is 1.11 bits per heavy atom. The highest BCUT2D eigenvalue weighted by Crippen LogP contribution is 2.32. The Kier molecular flexibility index (Phi) is 6.68. The number of aromatic nitrogens is 5. The van der Waals surface area contributed by atoms with Gasteiger partial charge in [-0.3, -0.25) is 9.69 Å². The zero-order valence-electron chi connectivity index (χ0n) is 21.6. The Hall–Kier alpha value is -3.79. The summed E-state index contributed by atoms with van der Waals surface area (Å²) in [6, 6.07) is 13.9. The van der Waals surface area contributed by atoms with Gasteiger partial charge in [0.25, 0.3) is 5.56 Å². The Bertz CT molecular complexity index is 1460. The molecular formula is C27H32FN7O2. The van der Waals surface area contributed by atoms with Gasteiger partial charge in [0.2, 0.25) is 0 Å². The van der Waals surface area contributed by atoms with Gasteiger partial charge in [0.1, 0.15) is 17.6 Å². The molecule has 1 aliphatic heterocycles. The van der Waals surface area contributed by atoms with Crippen molar-refractivity contribution in [1.29, 1.82) is 0 Å². The van der Waals surface area contributed by atoms with E-state index in [9.17, 15) is 9.18 Å². The van der Waals surface area contributed by atoms with E-state index in [1.54, 1.807) is 19.2 Å². The molecule has 1 saturated heterocycles. The molecule has 0 radical (unpaired) electrons. The van der Waals surface area contributed by atoms with Crippen LogP contribution >= 0.6 is 0 Å². The maximum atomic E-state index is 14.5. The molecule has 2 aromatic carbocycles. The molecule has 3 heterocycles. The van der Waals surface area contributed by atoms with Crippen LogP contribution in [0.5, 0.6) is 5.75 Å². The number of ether oxygens (including phenoxy) is 1. The molecule has 0 saturated carbocycles. The van der Waals surface area contributed by atoms with Crippen LogP contribution < -0.4 is 15.2 Å². The van der Waals surface area contributed by atoms with Gasteiger partial charge in [0.15, 0.2) is 5.82 Å². The molecule has 0 amide bonds. The van der Waals surface area contributed by atoms with E-state index in [1.807, 2.05) is 39.9 Å². The van der Waals surface area contributed by atoms with E-state index in [2.05, 4.69) is 46.2 Å². The van der Waals surface area contributed by atoms with Crippen LogP contribution in [0.25, 0.3) is 10.9 Å². The van der Waals surface area contributed by atoms with E-state index >= 15 is 0 Å². The Balaban J connectivity index is 1.57. The molecule has 0 spiro atoms. The fourth-order valence-electron chi connectivity index (χ4n) is 4.90. The predicted octanol–water partition coefficient (Wildman–Crippen LogP) is 3.72. The molecule has 194 valence electrons. The van der Waals surface area contributed by atoms with Crippen LogP contribution in [0.2, 0.25) is 0 Å². The first kappa shape index (κ1) is 24.9. The summed E-state index contributed by atoms with van der Waals surface area (Å²) in [5.41, 5.74) is 1.31. The first-order valence-electron chi connectivity index (χ1n) is 12.6. The van der Waals surface area contributed by atoms with Gasteiger partial charge >= 0.3 is 0 Å². The van der Waals surface area contributed by atoms with Gasteiger partial charge in [-0.25, -0.2) is 9.07 Å². The number of benzene rings is 2. The van der Waals surface area contributed by atoms with Crippen molar-refractivity contribution in [2.45, 2.75) is 38.8 Å². The molecule has 1 aliphatic rings. The average molecular weight is 506 g/mol. The lowest BCUT2D eigenvalue weighted by atomic mass is 9.99. The zero-order valence-corrected chi connectivity index (χ0v) is 21.6. The number of nitrogens with zero attached hydrogens (tertiary/aromatic N) is 6. The summed E-state index contributed by atoms with van der Waals surface area (Å²) in [4.78, 5) is 20.8. The third-order valence-corrected chi connectivity index (χ3v) is 7.43. The average Bonchev–Trinajstić information content (AvgIpc) is 3.40. The van der Waals surface area contributed by atoms with Gasteiger partial charge in [-0.05, 0) is 66.4 Å². The highest BCUT2D eigenvalue weighted by atomic mass is 19.1. The molecule has 9 nitrogen and oxygen atoms in total. The first-order valence-corrected chi connectivity index (χ1v) is 12.6. The Morgan fingerprint density at radius 3 is 2.57 bits per heavy atom. The van der Waals surface area contributed by atoms with Crippen molar-refractivity contribution in [3.63, 3.8) is 0 Å². The minimum absolute atomic E-state index is 0.203. The molecule has 1 fully saturated rings. The number of H-pyrrole nitrogens is 1. The van der Waals surface area contributed by atoms with Crippen LogP contribution in [0.3, 0.4) is 0 Å². The molecule has 10 heteroatoms. The van der Waals surface area contributed by atoms with Crippen LogP contribution in [-0.4, -0.2) is 63.4 Å². The molecule has 1 atom stereocenters. The minimum atomic E-state index is -0.473. The van der Waals surface area contributed by atoms with Crippen LogP contribution in [-0.2, 0) is 5.54 Å². The molecule has 2 aromatic heterocycles. The second-order valence-electron chi connectivity index (χ2n) is 10.00. The van der Waals surface area contributed by atoms with Crippen molar-refractivity contribution in [1.82, 2.24) is 30.1 Å². The van der Waals surface area contributed by atoms with Gasteiger partial charge in [-0.15, -0.1) is 5.10 Å². The van der Waals surface area contributed by atoms with E-state index < -0.39 is 6.04 Å². The number of anilines is 1. The lowest BCUT2D eigenvalue weighted by Gasteiger charge is -2.40. The van der Waals surface area contributed by atoms with Gasteiger partial charge in [0, 0.05) is 37.8 Å². The molecule has 37 heavy (non-hydrogen) atoms. The maximum absolute atomic E-state index is 14.5. The number of fused-ring (bicyclic) bond motifs is 1. The highest BCUT2D eigenvalue weighted by molar-refractivity contribution is 5.80. The van der Waals surface area contributed by atoms with Crippen LogP contribution in [0.1, 0.15) is 44.6 Å². The predicted molar refractivity (Wildman–Crippen MR) is 141 cm³/mol. The third-order valence-electron chi connectivity index (χ3n) is 7.43. The number of aromatic amines is 1. The summed E-state index contributed by atoms with van der Waals surface area (Å²) in [5.74, 6) is 1.05. The number of hydrogen-bond acceptors (Lipinski definition) is 7. The quantitative estimate of drug-likeness (QED) is 0.409. The van der Waals surface area contributed by atoms with E-state index in [-0.39, 0.29) is 16.9 Å². The normalized spacial score (nSPS) is 15.8. The van der Waals surface area contributed by atoms with E-state index in [4.69, 9.17) is 4.74 Å². The standard InChI is InChI=1S/C27H32FN7O2/c1-5-27(2,3)35-25(30-31-32-35)24(20-16-18-10-11-19(37-4)17-22(18)29-26(20)36)34-14-12-33(13-15-34)23-9-7-6-8-21(23)28/h6-11,16-17,24H,5,12-15H2,1-4H3,(H,29,36)/t24-/m1/s1. The molecule has 5 rings (SSSR count). The topological polar surface area (TPSA) is 92.2 Å². The largest absolute Gasteiger partial charge is 0.497 e. The van der Waals surface area contributed by atoms with Gasteiger partial charge in [0.05, 0.1) is 23.9 Å². The summed E-state index contributed by atoms with van der Waals surface area (Å²) in [7, 11) is 1.60. The van der Waals surface area contributed by atoms with Gasteiger partial charge < -0.3 is 14.6 Å². The van der Waals surface area contributed by atoms with Crippen LogP contribution in [0.15, 0.2) is 53.3 Å². The number of nitrogens with one attached hydrogen (secondary N) is 1. The van der Waals surface area contributed by atoms with Crippen molar-refractivity contribution in [3.8, 4) is 5.75 Å².